The van der Waals surface area contributed by atoms with Crippen LogP contribution in [-0.2, 0) is 14.3 Å². The van der Waals surface area contributed by atoms with Crippen molar-refractivity contribution < 1.29 is 19.1 Å². The molecule has 2 aromatic rings. The summed E-state index contributed by atoms with van der Waals surface area (Å²) in [5.74, 6) is -1.07. The zero-order chi connectivity index (χ0) is 21.1. The van der Waals surface area contributed by atoms with Crippen LogP contribution in [-0.4, -0.2) is 37.0 Å². The Hall–Kier alpha value is -3.15. The lowest BCUT2D eigenvalue weighted by atomic mass is 9.70. The number of fused-ring (bicyclic) bond motifs is 1. The van der Waals surface area contributed by atoms with Crippen molar-refractivity contribution in [3.8, 4) is 0 Å². The second kappa shape index (κ2) is 8.30. The zero-order valence-corrected chi connectivity index (χ0v) is 17.1. The van der Waals surface area contributed by atoms with Gasteiger partial charge in [-0.2, -0.15) is 0 Å². The molecule has 1 N–H and O–H groups in total. The molecular formula is C24H26N2O4. The van der Waals surface area contributed by atoms with Crippen molar-refractivity contribution in [2.24, 2.45) is 0 Å². The first kappa shape index (κ1) is 20.1. The molecule has 4 rings (SSSR count). The molecule has 0 radical (unpaired) electrons. The molecule has 1 heterocycles. The van der Waals surface area contributed by atoms with Gasteiger partial charge in [0.2, 0.25) is 5.91 Å². The van der Waals surface area contributed by atoms with Gasteiger partial charge in [-0.3, -0.25) is 14.4 Å². The minimum atomic E-state index is -0.609. The first-order valence-electron chi connectivity index (χ1n) is 10.4. The summed E-state index contributed by atoms with van der Waals surface area (Å²) in [6.45, 7) is 0.208. The summed E-state index contributed by atoms with van der Waals surface area (Å²) in [5.41, 5.74) is 1.53. The number of anilines is 1. The summed E-state index contributed by atoms with van der Waals surface area (Å²) in [6, 6.07) is 17.0. The van der Waals surface area contributed by atoms with Crippen molar-refractivity contribution in [1.82, 2.24) is 5.32 Å². The molecule has 1 saturated carbocycles. The van der Waals surface area contributed by atoms with Gasteiger partial charge in [0.05, 0.1) is 25.0 Å². The van der Waals surface area contributed by atoms with Crippen LogP contribution in [0.5, 0.6) is 0 Å². The molecule has 2 aliphatic rings. The fourth-order valence-electron chi connectivity index (χ4n) is 5.01. The summed E-state index contributed by atoms with van der Waals surface area (Å²) in [4.78, 5) is 40.4. The Morgan fingerprint density at radius 3 is 2.43 bits per heavy atom. The number of nitrogens with zero attached hydrogens (tertiary/aromatic N) is 1. The lowest BCUT2D eigenvalue weighted by Crippen LogP contribution is -2.61. The van der Waals surface area contributed by atoms with Gasteiger partial charge in [-0.05, 0) is 36.6 Å². The van der Waals surface area contributed by atoms with Gasteiger partial charge in [-0.15, -0.1) is 0 Å². The van der Waals surface area contributed by atoms with Gasteiger partial charge in [0.1, 0.15) is 0 Å². The fourth-order valence-corrected chi connectivity index (χ4v) is 5.01. The van der Waals surface area contributed by atoms with Crippen LogP contribution in [0, 0.1) is 0 Å². The Morgan fingerprint density at radius 1 is 1.07 bits per heavy atom. The third-order valence-electron chi connectivity index (χ3n) is 6.29. The normalized spacial score (nSPS) is 19.4. The van der Waals surface area contributed by atoms with E-state index in [0.29, 0.717) is 5.56 Å². The maximum absolute atomic E-state index is 13.6. The molecule has 156 valence electrons. The zero-order valence-electron chi connectivity index (χ0n) is 17.1. The Labute approximate surface area is 176 Å². The molecule has 6 heteroatoms. The minimum Gasteiger partial charge on any atom is -0.469 e. The summed E-state index contributed by atoms with van der Waals surface area (Å²) >= 11 is 0. The van der Waals surface area contributed by atoms with Gasteiger partial charge in [0, 0.05) is 17.8 Å². The number of rotatable bonds is 5. The van der Waals surface area contributed by atoms with Crippen molar-refractivity contribution in [2.75, 3.05) is 18.6 Å². The monoisotopic (exact) mass is 406 g/mol. The molecule has 1 atom stereocenters. The van der Waals surface area contributed by atoms with Crippen LogP contribution in [0.15, 0.2) is 54.6 Å². The number of nitrogens with one attached hydrogen (secondary N) is 1. The number of ether oxygens (including phenoxy) is 1. The Kier molecular flexibility index (Phi) is 5.57. The third-order valence-corrected chi connectivity index (χ3v) is 6.29. The number of methoxy groups -OCH3 is 1. The van der Waals surface area contributed by atoms with Gasteiger partial charge in [0.25, 0.3) is 5.91 Å². The van der Waals surface area contributed by atoms with E-state index in [4.69, 9.17) is 0 Å². The van der Waals surface area contributed by atoms with Crippen LogP contribution in [0.1, 0.15) is 53.9 Å². The van der Waals surface area contributed by atoms with E-state index in [2.05, 4.69) is 10.1 Å². The van der Waals surface area contributed by atoms with E-state index in [1.165, 1.54) is 7.11 Å². The maximum Gasteiger partial charge on any atom is 0.307 e. The summed E-state index contributed by atoms with van der Waals surface area (Å²) in [5, 5.41) is 2.92. The van der Waals surface area contributed by atoms with E-state index in [1.54, 1.807) is 6.07 Å². The van der Waals surface area contributed by atoms with Gasteiger partial charge in [0.15, 0.2) is 0 Å². The fraction of sp³-hybridized carbons (Fsp3) is 0.375. The highest BCUT2D eigenvalue weighted by molar-refractivity contribution is 6.12. The number of carbonyl (C=O) groups excluding carboxylic acids is 3. The molecule has 2 aromatic carbocycles. The van der Waals surface area contributed by atoms with E-state index in [9.17, 15) is 14.4 Å². The molecule has 6 nitrogen and oxygen atoms in total. The van der Waals surface area contributed by atoms with Crippen molar-refractivity contribution in [3.63, 3.8) is 0 Å². The van der Waals surface area contributed by atoms with E-state index in [0.717, 1.165) is 36.9 Å². The average molecular weight is 406 g/mol. The maximum atomic E-state index is 13.6. The van der Waals surface area contributed by atoms with Gasteiger partial charge in [-0.1, -0.05) is 49.2 Å². The molecule has 0 unspecified atom stereocenters. The lowest BCUT2D eigenvalue weighted by Gasteiger charge is -2.50. The highest BCUT2D eigenvalue weighted by atomic mass is 16.5. The minimum absolute atomic E-state index is 0.0580. The van der Waals surface area contributed by atoms with E-state index >= 15 is 0 Å². The van der Waals surface area contributed by atoms with Crippen molar-refractivity contribution >= 4 is 23.5 Å². The largest absolute Gasteiger partial charge is 0.469 e. The van der Waals surface area contributed by atoms with E-state index in [-0.39, 0.29) is 30.7 Å². The third kappa shape index (κ3) is 3.36. The molecule has 1 fully saturated rings. The predicted octanol–water partition coefficient (Wildman–Crippen LogP) is 3.42. The smallest absolute Gasteiger partial charge is 0.307 e. The molecule has 1 spiro atoms. The van der Waals surface area contributed by atoms with Gasteiger partial charge in [-0.25, -0.2) is 0 Å². The SMILES string of the molecule is COC(=O)CCNC(=O)[C@@H]1c2ccccc2C(=O)N(c2ccccc2)C12CCCC2. The highest BCUT2D eigenvalue weighted by Crippen LogP contribution is 2.51. The number of esters is 1. The van der Waals surface area contributed by atoms with Crippen molar-refractivity contribution in [2.45, 2.75) is 43.6 Å². The summed E-state index contributed by atoms with van der Waals surface area (Å²) in [7, 11) is 1.33. The molecule has 1 aliphatic carbocycles. The molecule has 30 heavy (non-hydrogen) atoms. The highest BCUT2D eigenvalue weighted by Gasteiger charge is 2.56. The first-order chi connectivity index (χ1) is 14.6. The quantitative estimate of drug-likeness (QED) is 0.772. The van der Waals surface area contributed by atoms with E-state index < -0.39 is 11.5 Å². The number of hydrogen-bond acceptors (Lipinski definition) is 4. The standard InChI is InChI=1S/C24H26N2O4/c1-30-20(27)13-16-25-22(28)21-18-11-5-6-12-19(18)23(29)26(17-9-3-2-4-10-17)24(21)14-7-8-15-24/h2-6,9-12,21H,7-8,13-16H2,1H3,(H,25,28)/t21-/m0/s1. The molecule has 0 saturated heterocycles. The summed E-state index contributed by atoms with van der Waals surface area (Å²) < 4.78 is 4.67. The van der Waals surface area contributed by atoms with Crippen molar-refractivity contribution in [3.05, 3.63) is 65.7 Å². The second-order valence-electron chi connectivity index (χ2n) is 7.92. The van der Waals surface area contributed by atoms with Crippen molar-refractivity contribution in [1.29, 1.82) is 0 Å². The van der Waals surface area contributed by atoms with Crippen LogP contribution >= 0.6 is 0 Å². The van der Waals surface area contributed by atoms with Crippen LogP contribution < -0.4 is 10.2 Å². The molecule has 1 aliphatic heterocycles. The Balaban J connectivity index is 1.78. The topological polar surface area (TPSA) is 75.7 Å². The molecular weight excluding hydrogens is 380 g/mol. The number of hydrogen-bond donors (Lipinski definition) is 1. The molecule has 0 bridgehead atoms. The first-order valence-corrected chi connectivity index (χ1v) is 10.4. The van der Waals surface area contributed by atoms with Gasteiger partial charge >= 0.3 is 5.97 Å². The number of para-hydroxylation sites is 1. The van der Waals surface area contributed by atoms with Crippen LogP contribution in [0.4, 0.5) is 5.69 Å². The molecule has 0 aromatic heterocycles. The number of amides is 2. The van der Waals surface area contributed by atoms with Gasteiger partial charge < -0.3 is 15.0 Å². The van der Waals surface area contributed by atoms with Crippen LogP contribution in [0.3, 0.4) is 0 Å². The van der Waals surface area contributed by atoms with E-state index in [1.807, 2.05) is 53.4 Å². The Bertz CT molecular complexity index is 951. The number of benzene rings is 2. The van der Waals surface area contributed by atoms with Crippen LogP contribution in [0.25, 0.3) is 0 Å². The number of carbonyl (C=O) groups is 3. The summed E-state index contributed by atoms with van der Waals surface area (Å²) in [6.07, 6.45) is 3.56. The predicted molar refractivity (Wildman–Crippen MR) is 113 cm³/mol. The average Bonchev–Trinajstić information content (AvgIpc) is 3.24. The molecule has 2 amide bonds. The Morgan fingerprint density at radius 2 is 1.73 bits per heavy atom. The lowest BCUT2D eigenvalue weighted by molar-refractivity contribution is -0.140. The van der Waals surface area contributed by atoms with Crippen LogP contribution in [0.2, 0.25) is 0 Å². The second-order valence-corrected chi connectivity index (χ2v) is 7.92.